The number of primary amides is 1. The van der Waals surface area contributed by atoms with Crippen molar-refractivity contribution >= 4 is 5.91 Å². The van der Waals surface area contributed by atoms with Gasteiger partial charge in [-0.3, -0.25) is 10.1 Å². The van der Waals surface area contributed by atoms with Crippen LogP contribution in [0.4, 0.5) is 0 Å². The van der Waals surface area contributed by atoms with Gasteiger partial charge in [-0.2, -0.15) is 0 Å². The van der Waals surface area contributed by atoms with Crippen LogP contribution in [0.25, 0.3) is 0 Å². The van der Waals surface area contributed by atoms with E-state index in [9.17, 15) is 9.90 Å². The van der Waals surface area contributed by atoms with Gasteiger partial charge in [0, 0.05) is 0 Å². The number of hydrogen-bond donors (Lipinski definition) is 3. The van der Waals surface area contributed by atoms with Gasteiger partial charge >= 0.3 is 0 Å². The summed E-state index contributed by atoms with van der Waals surface area (Å²) in [5.41, 5.74) is 6.94. The molecular weight excluding hydrogens is 204 g/mol. The Kier molecular flexibility index (Phi) is 2.94. The second-order valence-electron chi connectivity index (χ2n) is 4.22. The number of carbonyl (C=O) groups excluding carboxylic acids is 1. The van der Waals surface area contributed by atoms with Crippen LogP contribution < -0.4 is 11.1 Å². The minimum Gasteiger partial charge on any atom is -0.394 e. The number of nitrogens with one attached hydrogen (secondary N) is 1. The van der Waals surface area contributed by atoms with E-state index >= 15 is 0 Å². The van der Waals surface area contributed by atoms with Gasteiger partial charge in [-0.25, -0.2) is 0 Å². The van der Waals surface area contributed by atoms with Crippen molar-refractivity contribution in [1.82, 2.24) is 5.32 Å². The van der Waals surface area contributed by atoms with Crippen LogP contribution in [0, 0.1) is 0 Å². The van der Waals surface area contributed by atoms with Gasteiger partial charge in [0.15, 0.2) is 0 Å². The van der Waals surface area contributed by atoms with Crippen molar-refractivity contribution in [1.29, 1.82) is 0 Å². The lowest BCUT2D eigenvalue weighted by Crippen LogP contribution is -2.47. The number of aryl methyl sites for hydroxylation is 1. The van der Waals surface area contributed by atoms with Crippen molar-refractivity contribution in [3.8, 4) is 0 Å². The second-order valence-corrected chi connectivity index (χ2v) is 4.22. The molecule has 1 aromatic rings. The number of aliphatic hydroxyl groups excluding tert-OH is 1. The van der Waals surface area contributed by atoms with Crippen molar-refractivity contribution in [3.05, 3.63) is 35.4 Å². The van der Waals surface area contributed by atoms with E-state index in [-0.39, 0.29) is 13.2 Å². The predicted octanol–water partition coefficient (Wildman–Crippen LogP) is -0.105. The van der Waals surface area contributed by atoms with E-state index < -0.39 is 11.4 Å². The molecule has 2 rings (SSSR count). The molecule has 1 unspecified atom stereocenters. The molecule has 0 saturated heterocycles. The summed E-state index contributed by atoms with van der Waals surface area (Å²) in [6.07, 6.45) is 1.72. The Bertz CT molecular complexity index is 406. The van der Waals surface area contributed by atoms with E-state index in [1.165, 1.54) is 5.56 Å². The highest BCUT2D eigenvalue weighted by molar-refractivity contribution is 5.76. The topological polar surface area (TPSA) is 75.4 Å². The monoisotopic (exact) mass is 220 g/mol. The maximum Gasteiger partial charge on any atom is 0.231 e. The fourth-order valence-electron chi connectivity index (χ4n) is 2.35. The van der Waals surface area contributed by atoms with Gasteiger partial charge in [-0.15, -0.1) is 0 Å². The summed E-state index contributed by atoms with van der Waals surface area (Å²) in [5, 5.41) is 12.6. The number of rotatable bonds is 4. The summed E-state index contributed by atoms with van der Waals surface area (Å²) in [4.78, 5) is 10.8. The number of nitrogens with two attached hydrogens (primary N) is 1. The first-order chi connectivity index (χ1) is 7.68. The quantitative estimate of drug-likeness (QED) is 0.663. The highest BCUT2D eigenvalue weighted by Gasteiger charge is 2.37. The lowest BCUT2D eigenvalue weighted by Gasteiger charge is -2.29. The van der Waals surface area contributed by atoms with Crippen LogP contribution >= 0.6 is 0 Å². The van der Waals surface area contributed by atoms with E-state index in [0.29, 0.717) is 0 Å². The molecule has 4 N–H and O–H groups in total. The van der Waals surface area contributed by atoms with Crippen molar-refractivity contribution in [2.45, 2.75) is 18.4 Å². The zero-order chi connectivity index (χ0) is 11.6. The second kappa shape index (κ2) is 4.23. The Labute approximate surface area is 94.5 Å². The van der Waals surface area contributed by atoms with Gasteiger partial charge < -0.3 is 10.8 Å². The molecule has 0 radical (unpaired) electrons. The average Bonchev–Trinajstić information content (AvgIpc) is 2.66. The molecule has 0 fully saturated rings. The SMILES string of the molecule is NC(=O)CNC1(CO)CCc2ccccc21. The summed E-state index contributed by atoms with van der Waals surface area (Å²) in [5.74, 6) is -0.405. The smallest absolute Gasteiger partial charge is 0.231 e. The lowest BCUT2D eigenvalue weighted by molar-refractivity contribution is -0.117. The molecule has 0 saturated carbocycles. The third-order valence-corrected chi connectivity index (χ3v) is 3.22. The standard InChI is InChI=1S/C12H16N2O2/c13-11(16)7-14-12(8-15)6-5-9-3-1-2-4-10(9)12/h1-4,14-15H,5-8H2,(H2,13,16). The third kappa shape index (κ3) is 1.81. The number of hydrogen-bond acceptors (Lipinski definition) is 3. The zero-order valence-electron chi connectivity index (χ0n) is 9.07. The van der Waals surface area contributed by atoms with Gasteiger partial charge in [-0.1, -0.05) is 24.3 Å². The maximum absolute atomic E-state index is 10.8. The van der Waals surface area contributed by atoms with Crippen molar-refractivity contribution < 1.29 is 9.90 Å². The third-order valence-electron chi connectivity index (χ3n) is 3.22. The molecule has 1 atom stereocenters. The summed E-state index contributed by atoms with van der Waals surface area (Å²) in [6.45, 7) is 0.0756. The van der Waals surface area contributed by atoms with Gasteiger partial charge in [0.05, 0.1) is 18.7 Å². The number of fused-ring (bicyclic) bond motifs is 1. The first kappa shape index (κ1) is 11.1. The Morgan fingerprint density at radius 2 is 2.25 bits per heavy atom. The summed E-state index contributed by atoms with van der Waals surface area (Å²) < 4.78 is 0. The minimum absolute atomic E-state index is 0.0166. The molecule has 0 bridgehead atoms. The number of amides is 1. The van der Waals surface area contributed by atoms with E-state index in [0.717, 1.165) is 18.4 Å². The lowest BCUT2D eigenvalue weighted by atomic mass is 9.92. The van der Waals surface area contributed by atoms with Gasteiger partial charge in [0.2, 0.25) is 5.91 Å². The first-order valence-corrected chi connectivity index (χ1v) is 5.40. The maximum atomic E-state index is 10.8. The number of aliphatic hydroxyl groups is 1. The van der Waals surface area contributed by atoms with Crippen LogP contribution in [0.15, 0.2) is 24.3 Å². The van der Waals surface area contributed by atoms with Crippen LogP contribution in [0.1, 0.15) is 17.5 Å². The predicted molar refractivity (Wildman–Crippen MR) is 60.7 cm³/mol. The van der Waals surface area contributed by atoms with Crippen molar-refractivity contribution in [3.63, 3.8) is 0 Å². The number of carbonyl (C=O) groups is 1. The molecule has 0 heterocycles. The Hall–Kier alpha value is -1.39. The molecule has 1 amide bonds. The molecule has 0 aromatic heterocycles. The van der Waals surface area contributed by atoms with Gasteiger partial charge in [0.1, 0.15) is 0 Å². The molecule has 86 valence electrons. The molecule has 4 nitrogen and oxygen atoms in total. The van der Waals surface area contributed by atoms with Gasteiger partial charge in [-0.05, 0) is 24.0 Å². The van der Waals surface area contributed by atoms with Crippen LogP contribution in [0.2, 0.25) is 0 Å². The highest BCUT2D eigenvalue weighted by Crippen LogP contribution is 2.36. The van der Waals surface area contributed by atoms with E-state index in [1.807, 2.05) is 18.2 Å². The number of benzene rings is 1. The zero-order valence-corrected chi connectivity index (χ0v) is 9.07. The fourth-order valence-corrected chi connectivity index (χ4v) is 2.35. The van der Waals surface area contributed by atoms with Crippen LogP contribution in [-0.2, 0) is 16.8 Å². The van der Waals surface area contributed by atoms with E-state index in [4.69, 9.17) is 5.73 Å². The van der Waals surface area contributed by atoms with Crippen LogP contribution in [-0.4, -0.2) is 24.2 Å². The Morgan fingerprint density at radius 3 is 2.94 bits per heavy atom. The first-order valence-electron chi connectivity index (χ1n) is 5.40. The molecule has 1 aliphatic carbocycles. The van der Waals surface area contributed by atoms with E-state index in [2.05, 4.69) is 11.4 Å². The largest absolute Gasteiger partial charge is 0.394 e. The van der Waals surface area contributed by atoms with E-state index in [1.54, 1.807) is 0 Å². The molecular formula is C12H16N2O2. The van der Waals surface area contributed by atoms with Crippen molar-refractivity contribution in [2.24, 2.45) is 5.73 Å². The molecule has 1 aromatic carbocycles. The average molecular weight is 220 g/mol. The molecule has 0 spiro atoms. The molecule has 1 aliphatic rings. The summed E-state index contributed by atoms with van der Waals surface area (Å²) in [6, 6.07) is 7.98. The Morgan fingerprint density at radius 1 is 1.50 bits per heavy atom. The molecule has 0 aliphatic heterocycles. The summed E-state index contributed by atoms with van der Waals surface area (Å²) in [7, 11) is 0. The van der Waals surface area contributed by atoms with Crippen molar-refractivity contribution in [2.75, 3.05) is 13.2 Å². The Balaban J connectivity index is 2.26. The summed E-state index contributed by atoms with van der Waals surface area (Å²) >= 11 is 0. The fraction of sp³-hybridized carbons (Fsp3) is 0.417. The molecule has 16 heavy (non-hydrogen) atoms. The van der Waals surface area contributed by atoms with Crippen LogP contribution in [0.3, 0.4) is 0 Å². The molecule has 4 heteroatoms. The highest BCUT2D eigenvalue weighted by atomic mass is 16.3. The minimum atomic E-state index is -0.494. The normalized spacial score (nSPS) is 23.1. The van der Waals surface area contributed by atoms with Crippen LogP contribution in [0.5, 0.6) is 0 Å². The van der Waals surface area contributed by atoms with Gasteiger partial charge in [0.25, 0.3) is 0 Å².